The van der Waals surface area contributed by atoms with Gasteiger partial charge in [0.1, 0.15) is 11.5 Å². The lowest BCUT2D eigenvalue weighted by molar-refractivity contribution is -0.128. The fraction of sp³-hybridized carbons (Fsp3) is 0.176. The van der Waals surface area contributed by atoms with Gasteiger partial charge in [-0.3, -0.25) is 20.4 Å². The van der Waals surface area contributed by atoms with Crippen LogP contribution in [0, 0.1) is 13.8 Å². The van der Waals surface area contributed by atoms with Crippen LogP contribution in [0.2, 0.25) is 0 Å². The van der Waals surface area contributed by atoms with Crippen molar-refractivity contribution in [3.8, 4) is 5.75 Å². The normalized spacial score (nSPS) is 10.5. The SMILES string of the molecule is Cc1ccc(OCC(=O)NNC(=O)/C=C/c2ccco2)cc1C. The van der Waals surface area contributed by atoms with Gasteiger partial charge in [-0.25, -0.2) is 0 Å². The summed E-state index contributed by atoms with van der Waals surface area (Å²) in [5.41, 5.74) is 6.75. The van der Waals surface area contributed by atoms with Gasteiger partial charge >= 0.3 is 0 Å². The van der Waals surface area contributed by atoms with Crippen LogP contribution in [-0.2, 0) is 9.59 Å². The van der Waals surface area contributed by atoms with E-state index in [4.69, 9.17) is 9.15 Å². The second-order valence-corrected chi connectivity index (χ2v) is 4.92. The zero-order valence-corrected chi connectivity index (χ0v) is 13.0. The highest BCUT2D eigenvalue weighted by molar-refractivity contribution is 5.92. The maximum atomic E-state index is 11.6. The maximum absolute atomic E-state index is 11.6. The predicted octanol–water partition coefficient (Wildman–Crippen LogP) is 2.14. The summed E-state index contributed by atoms with van der Waals surface area (Å²) < 4.78 is 10.4. The summed E-state index contributed by atoms with van der Waals surface area (Å²) in [5, 5.41) is 0. The lowest BCUT2D eigenvalue weighted by Gasteiger charge is -2.09. The van der Waals surface area contributed by atoms with E-state index >= 15 is 0 Å². The molecule has 0 saturated carbocycles. The van der Waals surface area contributed by atoms with Gasteiger partial charge in [-0.05, 0) is 55.3 Å². The lowest BCUT2D eigenvalue weighted by Crippen LogP contribution is -2.43. The number of carbonyl (C=O) groups excluding carboxylic acids is 2. The molecule has 1 heterocycles. The molecule has 0 unspecified atom stereocenters. The molecule has 0 saturated heterocycles. The van der Waals surface area contributed by atoms with Crippen molar-refractivity contribution in [2.75, 3.05) is 6.61 Å². The Morgan fingerprint density at radius 1 is 1.17 bits per heavy atom. The van der Waals surface area contributed by atoms with Crippen molar-refractivity contribution in [1.29, 1.82) is 0 Å². The molecule has 0 fully saturated rings. The van der Waals surface area contributed by atoms with Crippen LogP contribution in [0.5, 0.6) is 5.75 Å². The van der Waals surface area contributed by atoms with Crippen molar-refractivity contribution in [2.45, 2.75) is 13.8 Å². The number of furan rings is 1. The molecule has 1 aromatic carbocycles. The number of rotatable bonds is 5. The third-order valence-corrected chi connectivity index (χ3v) is 3.12. The van der Waals surface area contributed by atoms with E-state index in [1.165, 1.54) is 18.4 Å². The van der Waals surface area contributed by atoms with E-state index in [0.717, 1.165) is 11.1 Å². The molecule has 0 aliphatic rings. The van der Waals surface area contributed by atoms with E-state index in [0.29, 0.717) is 11.5 Å². The van der Waals surface area contributed by atoms with Gasteiger partial charge in [0, 0.05) is 6.08 Å². The highest BCUT2D eigenvalue weighted by Gasteiger charge is 2.04. The molecule has 23 heavy (non-hydrogen) atoms. The third kappa shape index (κ3) is 5.35. The van der Waals surface area contributed by atoms with Crippen molar-refractivity contribution < 1.29 is 18.7 Å². The van der Waals surface area contributed by atoms with Crippen molar-refractivity contribution in [2.24, 2.45) is 0 Å². The predicted molar refractivity (Wildman–Crippen MR) is 85.4 cm³/mol. The minimum absolute atomic E-state index is 0.190. The van der Waals surface area contributed by atoms with E-state index < -0.39 is 11.8 Å². The number of benzene rings is 1. The van der Waals surface area contributed by atoms with Gasteiger partial charge < -0.3 is 9.15 Å². The summed E-state index contributed by atoms with van der Waals surface area (Å²) in [4.78, 5) is 23.1. The van der Waals surface area contributed by atoms with E-state index in [1.54, 1.807) is 18.2 Å². The first-order chi connectivity index (χ1) is 11.0. The Labute approximate surface area is 134 Å². The number of amides is 2. The van der Waals surface area contributed by atoms with Crippen LogP contribution in [0.25, 0.3) is 6.08 Å². The van der Waals surface area contributed by atoms with E-state index in [2.05, 4.69) is 10.9 Å². The Bertz CT molecular complexity index is 705. The van der Waals surface area contributed by atoms with Gasteiger partial charge in [-0.15, -0.1) is 0 Å². The fourth-order valence-electron chi connectivity index (χ4n) is 1.71. The molecule has 2 N–H and O–H groups in total. The molecule has 6 heteroatoms. The van der Waals surface area contributed by atoms with Gasteiger partial charge in [0.05, 0.1) is 6.26 Å². The summed E-state index contributed by atoms with van der Waals surface area (Å²) in [7, 11) is 0. The fourth-order valence-corrected chi connectivity index (χ4v) is 1.71. The Morgan fingerprint density at radius 3 is 2.70 bits per heavy atom. The van der Waals surface area contributed by atoms with Gasteiger partial charge in [0.15, 0.2) is 6.61 Å². The molecule has 0 aliphatic carbocycles. The molecule has 0 spiro atoms. The summed E-state index contributed by atoms with van der Waals surface area (Å²) >= 11 is 0. The molecule has 0 bridgehead atoms. The van der Waals surface area contributed by atoms with Crippen LogP contribution in [0.1, 0.15) is 16.9 Å². The van der Waals surface area contributed by atoms with E-state index in [-0.39, 0.29) is 6.61 Å². The minimum Gasteiger partial charge on any atom is -0.484 e. The molecular formula is C17H18N2O4. The summed E-state index contributed by atoms with van der Waals surface area (Å²) in [5.74, 6) is 0.223. The minimum atomic E-state index is -0.471. The molecule has 120 valence electrons. The first-order valence-electron chi connectivity index (χ1n) is 7.05. The number of ether oxygens (including phenoxy) is 1. The van der Waals surface area contributed by atoms with Crippen molar-refractivity contribution >= 4 is 17.9 Å². The van der Waals surface area contributed by atoms with E-state index in [1.807, 2.05) is 26.0 Å². The average Bonchev–Trinajstić information content (AvgIpc) is 3.05. The van der Waals surface area contributed by atoms with Crippen LogP contribution in [0.3, 0.4) is 0 Å². The molecule has 6 nitrogen and oxygen atoms in total. The highest BCUT2D eigenvalue weighted by atomic mass is 16.5. The molecule has 0 atom stereocenters. The number of hydrazine groups is 1. The summed E-state index contributed by atoms with van der Waals surface area (Å²) in [6.07, 6.45) is 4.25. The Kier molecular flexibility index (Phi) is 5.57. The average molecular weight is 314 g/mol. The van der Waals surface area contributed by atoms with Crippen molar-refractivity contribution in [3.63, 3.8) is 0 Å². The Balaban J connectivity index is 1.72. The number of aryl methyl sites for hydroxylation is 2. The van der Waals surface area contributed by atoms with Gasteiger partial charge in [-0.1, -0.05) is 6.07 Å². The van der Waals surface area contributed by atoms with Crippen LogP contribution in [0.4, 0.5) is 0 Å². The lowest BCUT2D eigenvalue weighted by atomic mass is 10.1. The number of nitrogens with one attached hydrogen (secondary N) is 2. The van der Waals surface area contributed by atoms with Crippen LogP contribution in [-0.4, -0.2) is 18.4 Å². The third-order valence-electron chi connectivity index (χ3n) is 3.12. The van der Waals surface area contributed by atoms with Crippen LogP contribution >= 0.6 is 0 Å². The molecule has 2 amide bonds. The Morgan fingerprint density at radius 2 is 2.00 bits per heavy atom. The second kappa shape index (κ2) is 7.84. The monoisotopic (exact) mass is 314 g/mol. The molecular weight excluding hydrogens is 296 g/mol. The highest BCUT2D eigenvalue weighted by Crippen LogP contribution is 2.16. The van der Waals surface area contributed by atoms with Crippen LogP contribution in [0.15, 0.2) is 47.1 Å². The van der Waals surface area contributed by atoms with Crippen LogP contribution < -0.4 is 15.6 Å². The first kappa shape index (κ1) is 16.4. The molecule has 0 radical (unpaired) electrons. The van der Waals surface area contributed by atoms with Gasteiger partial charge in [0.25, 0.3) is 11.8 Å². The van der Waals surface area contributed by atoms with Gasteiger partial charge in [0.2, 0.25) is 0 Å². The summed E-state index contributed by atoms with van der Waals surface area (Å²) in [6, 6.07) is 8.99. The van der Waals surface area contributed by atoms with Crippen molar-refractivity contribution in [3.05, 3.63) is 59.6 Å². The smallest absolute Gasteiger partial charge is 0.276 e. The molecule has 2 aromatic rings. The Hall–Kier alpha value is -3.02. The second-order valence-electron chi connectivity index (χ2n) is 4.92. The summed E-state index contributed by atoms with van der Waals surface area (Å²) in [6.45, 7) is 3.77. The number of hydrogen-bond acceptors (Lipinski definition) is 4. The standard InChI is InChI=1S/C17H18N2O4/c1-12-5-6-15(10-13(12)2)23-11-17(21)19-18-16(20)8-7-14-4-3-9-22-14/h3-10H,11H2,1-2H3,(H,18,20)(H,19,21)/b8-7+. The molecule has 0 aliphatic heterocycles. The molecule has 2 rings (SSSR count). The largest absolute Gasteiger partial charge is 0.484 e. The molecule has 1 aromatic heterocycles. The first-order valence-corrected chi connectivity index (χ1v) is 7.05. The number of hydrogen-bond donors (Lipinski definition) is 2. The van der Waals surface area contributed by atoms with Gasteiger partial charge in [-0.2, -0.15) is 0 Å². The zero-order chi connectivity index (χ0) is 16.7. The quantitative estimate of drug-likeness (QED) is 0.654. The van der Waals surface area contributed by atoms with Crippen molar-refractivity contribution in [1.82, 2.24) is 10.9 Å². The maximum Gasteiger partial charge on any atom is 0.276 e. The zero-order valence-electron chi connectivity index (χ0n) is 13.0. The van der Waals surface area contributed by atoms with E-state index in [9.17, 15) is 9.59 Å². The topological polar surface area (TPSA) is 80.6 Å². The number of carbonyl (C=O) groups is 2.